The lowest BCUT2D eigenvalue weighted by Gasteiger charge is -2.20. The second kappa shape index (κ2) is 12.4. The molecule has 0 radical (unpaired) electrons. The molecule has 33 heavy (non-hydrogen) atoms. The van der Waals surface area contributed by atoms with E-state index >= 15 is 0 Å². The van der Waals surface area contributed by atoms with Crippen LogP contribution in [0.15, 0.2) is 47.6 Å². The second-order valence-corrected chi connectivity index (χ2v) is 8.93. The molecule has 1 fully saturated rings. The van der Waals surface area contributed by atoms with E-state index < -0.39 is 0 Å². The van der Waals surface area contributed by atoms with E-state index in [-0.39, 0.29) is 17.7 Å². The van der Waals surface area contributed by atoms with Gasteiger partial charge in [-0.15, -0.1) is 0 Å². The normalized spacial score (nSPS) is 14.6. The highest BCUT2D eigenvalue weighted by molar-refractivity contribution is 6.30. The highest BCUT2D eigenvalue weighted by atomic mass is 35.5. The van der Waals surface area contributed by atoms with E-state index in [0.29, 0.717) is 30.2 Å². The van der Waals surface area contributed by atoms with Crippen LogP contribution in [0, 0.1) is 12.8 Å². The van der Waals surface area contributed by atoms with Crippen molar-refractivity contribution < 1.29 is 14.3 Å². The summed E-state index contributed by atoms with van der Waals surface area (Å²) < 4.78 is 5.71. The standard InChI is InChI=1S/C26H32ClN3O3/c1-18-17-22(27)12-15-24(18)33-16-6-9-25(31)30-29-19(2)20-10-13-23(14-11-20)28-26(32)21-7-4-3-5-8-21/h10-15,17,21H,3-9,16H2,1-2H3,(H,28,32)(H,30,31). The minimum absolute atomic E-state index is 0.107. The number of carbonyl (C=O) groups excluding carboxylic acids is 2. The van der Waals surface area contributed by atoms with E-state index in [0.717, 1.165) is 48.2 Å². The third-order valence-corrected chi connectivity index (χ3v) is 6.07. The molecule has 2 aromatic carbocycles. The van der Waals surface area contributed by atoms with Crippen molar-refractivity contribution in [2.75, 3.05) is 11.9 Å². The Kier molecular flexibility index (Phi) is 9.31. The molecule has 3 rings (SSSR count). The van der Waals surface area contributed by atoms with Gasteiger partial charge in [-0.3, -0.25) is 9.59 Å². The summed E-state index contributed by atoms with van der Waals surface area (Å²) >= 11 is 5.94. The van der Waals surface area contributed by atoms with Crippen LogP contribution in [0.3, 0.4) is 0 Å². The van der Waals surface area contributed by atoms with Crippen LogP contribution in [0.2, 0.25) is 5.02 Å². The average Bonchev–Trinajstić information content (AvgIpc) is 2.82. The maximum absolute atomic E-state index is 12.4. The summed E-state index contributed by atoms with van der Waals surface area (Å²) in [5, 5.41) is 7.87. The largest absolute Gasteiger partial charge is 0.493 e. The summed E-state index contributed by atoms with van der Waals surface area (Å²) in [7, 11) is 0. The summed E-state index contributed by atoms with van der Waals surface area (Å²) in [5.74, 6) is 0.835. The van der Waals surface area contributed by atoms with Crippen molar-refractivity contribution in [2.24, 2.45) is 11.0 Å². The molecule has 7 heteroatoms. The number of halogens is 1. The van der Waals surface area contributed by atoms with Gasteiger partial charge in [0.2, 0.25) is 11.8 Å². The Hall–Kier alpha value is -2.86. The van der Waals surface area contributed by atoms with Crippen LogP contribution in [0.5, 0.6) is 5.75 Å². The molecular weight excluding hydrogens is 438 g/mol. The number of amides is 2. The minimum atomic E-state index is -0.165. The smallest absolute Gasteiger partial charge is 0.240 e. The van der Waals surface area contributed by atoms with Gasteiger partial charge in [0, 0.05) is 23.0 Å². The van der Waals surface area contributed by atoms with Crippen molar-refractivity contribution in [1.29, 1.82) is 0 Å². The third kappa shape index (κ3) is 7.90. The van der Waals surface area contributed by atoms with Gasteiger partial charge in [-0.05, 0) is 74.6 Å². The lowest BCUT2D eigenvalue weighted by Crippen LogP contribution is -2.24. The molecule has 2 N–H and O–H groups in total. The first-order valence-electron chi connectivity index (χ1n) is 11.6. The number of hydrogen-bond donors (Lipinski definition) is 2. The molecule has 0 atom stereocenters. The van der Waals surface area contributed by atoms with Crippen molar-refractivity contribution in [2.45, 2.75) is 58.8 Å². The predicted octanol–water partition coefficient (Wildman–Crippen LogP) is 5.87. The van der Waals surface area contributed by atoms with E-state index in [4.69, 9.17) is 16.3 Å². The van der Waals surface area contributed by atoms with Gasteiger partial charge in [-0.25, -0.2) is 5.43 Å². The third-order valence-electron chi connectivity index (χ3n) is 5.84. The zero-order valence-corrected chi connectivity index (χ0v) is 20.1. The molecule has 0 aromatic heterocycles. The maximum atomic E-state index is 12.4. The molecule has 1 aliphatic rings. The minimum Gasteiger partial charge on any atom is -0.493 e. The number of nitrogens with one attached hydrogen (secondary N) is 2. The Bertz CT molecular complexity index is 983. The van der Waals surface area contributed by atoms with E-state index in [9.17, 15) is 9.59 Å². The van der Waals surface area contributed by atoms with Crippen molar-refractivity contribution in [1.82, 2.24) is 5.43 Å². The number of hydrazone groups is 1. The van der Waals surface area contributed by atoms with Crippen LogP contribution < -0.4 is 15.5 Å². The quantitative estimate of drug-likeness (QED) is 0.274. The molecule has 1 aliphatic carbocycles. The SMILES string of the molecule is CC(=NNC(=O)CCCOc1ccc(Cl)cc1C)c1ccc(NC(=O)C2CCCCC2)cc1. The number of carbonyl (C=O) groups is 2. The highest BCUT2D eigenvalue weighted by Gasteiger charge is 2.20. The Balaban J connectivity index is 1.40. The number of ether oxygens (including phenoxy) is 1. The van der Waals surface area contributed by atoms with Crippen LogP contribution in [0.4, 0.5) is 5.69 Å². The van der Waals surface area contributed by atoms with Crippen LogP contribution in [0.1, 0.15) is 63.0 Å². The van der Waals surface area contributed by atoms with Crippen molar-refractivity contribution in [3.63, 3.8) is 0 Å². The van der Waals surface area contributed by atoms with Crippen molar-refractivity contribution >= 4 is 34.8 Å². The molecule has 0 heterocycles. The van der Waals surface area contributed by atoms with Gasteiger partial charge in [0.1, 0.15) is 5.75 Å². The molecule has 2 amide bonds. The van der Waals surface area contributed by atoms with Crippen molar-refractivity contribution in [3.8, 4) is 5.75 Å². The van der Waals surface area contributed by atoms with Gasteiger partial charge >= 0.3 is 0 Å². The number of anilines is 1. The molecule has 6 nitrogen and oxygen atoms in total. The predicted molar refractivity (Wildman–Crippen MR) is 133 cm³/mol. The number of rotatable bonds is 9. The molecule has 0 aliphatic heterocycles. The summed E-state index contributed by atoms with van der Waals surface area (Å²) in [5.41, 5.74) is 5.92. The fraction of sp³-hybridized carbons (Fsp3) is 0.423. The van der Waals surface area contributed by atoms with Gasteiger partial charge in [0.05, 0.1) is 12.3 Å². The number of aryl methyl sites for hydroxylation is 1. The number of hydrogen-bond acceptors (Lipinski definition) is 4. The zero-order valence-electron chi connectivity index (χ0n) is 19.3. The Labute approximate surface area is 200 Å². The van der Waals surface area contributed by atoms with Gasteiger partial charge in [0.25, 0.3) is 0 Å². The Morgan fingerprint density at radius 2 is 1.82 bits per heavy atom. The molecule has 2 aromatic rings. The second-order valence-electron chi connectivity index (χ2n) is 8.50. The lowest BCUT2D eigenvalue weighted by atomic mass is 9.88. The highest BCUT2D eigenvalue weighted by Crippen LogP contribution is 2.25. The maximum Gasteiger partial charge on any atom is 0.240 e. The van der Waals surface area contributed by atoms with Gasteiger partial charge in [-0.2, -0.15) is 5.10 Å². The summed E-state index contributed by atoms with van der Waals surface area (Å²) in [6.07, 6.45) is 6.34. The molecule has 1 saturated carbocycles. The first-order chi connectivity index (χ1) is 15.9. The Morgan fingerprint density at radius 1 is 1.09 bits per heavy atom. The topological polar surface area (TPSA) is 79.8 Å². The van der Waals surface area contributed by atoms with Crippen LogP contribution in [-0.2, 0) is 9.59 Å². The van der Waals surface area contributed by atoms with Gasteiger partial charge < -0.3 is 10.1 Å². The van der Waals surface area contributed by atoms with E-state index in [2.05, 4.69) is 15.8 Å². The van der Waals surface area contributed by atoms with Crippen LogP contribution >= 0.6 is 11.6 Å². The Morgan fingerprint density at radius 3 is 2.52 bits per heavy atom. The molecule has 176 valence electrons. The lowest BCUT2D eigenvalue weighted by molar-refractivity contribution is -0.121. The molecule has 0 bridgehead atoms. The fourth-order valence-electron chi connectivity index (χ4n) is 3.86. The van der Waals surface area contributed by atoms with Crippen LogP contribution in [0.25, 0.3) is 0 Å². The molecule has 0 saturated heterocycles. The number of benzene rings is 2. The molecule has 0 spiro atoms. The van der Waals surface area contributed by atoms with E-state index in [1.165, 1.54) is 6.42 Å². The monoisotopic (exact) mass is 469 g/mol. The van der Waals surface area contributed by atoms with Gasteiger partial charge in [-0.1, -0.05) is 43.0 Å². The van der Waals surface area contributed by atoms with Gasteiger partial charge in [0.15, 0.2) is 0 Å². The summed E-state index contributed by atoms with van der Waals surface area (Å²) in [4.78, 5) is 24.5. The zero-order chi connectivity index (χ0) is 23.6. The summed E-state index contributed by atoms with van der Waals surface area (Å²) in [6.45, 7) is 4.21. The molecule has 0 unspecified atom stereocenters. The van der Waals surface area contributed by atoms with E-state index in [1.807, 2.05) is 50.2 Å². The first kappa shape index (κ1) is 24.8. The van der Waals surface area contributed by atoms with Crippen LogP contribution in [-0.4, -0.2) is 24.1 Å². The average molecular weight is 470 g/mol. The fourth-order valence-corrected chi connectivity index (χ4v) is 4.09. The van der Waals surface area contributed by atoms with E-state index in [1.54, 1.807) is 6.07 Å². The summed E-state index contributed by atoms with van der Waals surface area (Å²) in [6, 6.07) is 13.0. The number of nitrogens with zero attached hydrogens (tertiary/aromatic N) is 1. The first-order valence-corrected chi connectivity index (χ1v) is 11.9. The van der Waals surface area contributed by atoms with Crippen molar-refractivity contribution in [3.05, 3.63) is 58.6 Å². The molecular formula is C26H32ClN3O3.